The first-order chi connectivity index (χ1) is 10.6. The average molecular weight is 289 g/mol. The fourth-order valence-electron chi connectivity index (χ4n) is 3.34. The monoisotopic (exact) mass is 289 g/mol. The summed E-state index contributed by atoms with van der Waals surface area (Å²) in [6, 6.07) is 15.4. The van der Waals surface area contributed by atoms with E-state index in [-0.39, 0.29) is 5.41 Å². The van der Waals surface area contributed by atoms with Crippen LogP contribution in [0.4, 0.5) is 5.69 Å². The van der Waals surface area contributed by atoms with Crippen molar-refractivity contribution in [2.75, 3.05) is 5.32 Å². The molecule has 1 aliphatic carbocycles. The predicted molar refractivity (Wildman–Crippen MR) is 96.2 cm³/mol. The van der Waals surface area contributed by atoms with E-state index >= 15 is 0 Å². The van der Waals surface area contributed by atoms with E-state index in [1.807, 2.05) is 6.92 Å². The molecule has 0 saturated carbocycles. The van der Waals surface area contributed by atoms with E-state index in [9.17, 15) is 0 Å². The highest BCUT2D eigenvalue weighted by Gasteiger charge is 2.35. The van der Waals surface area contributed by atoms with Gasteiger partial charge in [0.15, 0.2) is 0 Å². The van der Waals surface area contributed by atoms with Gasteiger partial charge < -0.3 is 5.32 Å². The molecule has 2 aromatic rings. The predicted octanol–water partition coefficient (Wildman–Crippen LogP) is 5.88. The molecule has 1 aliphatic rings. The van der Waals surface area contributed by atoms with Gasteiger partial charge in [-0.2, -0.15) is 0 Å². The molecule has 22 heavy (non-hydrogen) atoms. The van der Waals surface area contributed by atoms with Gasteiger partial charge in [-0.1, -0.05) is 56.3 Å². The van der Waals surface area contributed by atoms with Crippen molar-refractivity contribution >= 4 is 5.69 Å². The third kappa shape index (κ3) is 2.27. The molecule has 0 radical (unpaired) electrons. The molecule has 1 nitrogen and oxygen atoms in total. The average Bonchev–Trinajstić information content (AvgIpc) is 2.76. The van der Waals surface area contributed by atoms with Crippen molar-refractivity contribution in [3.8, 4) is 11.1 Å². The van der Waals surface area contributed by atoms with Crippen molar-refractivity contribution in [2.45, 2.75) is 33.1 Å². The molecular weight excluding hydrogens is 266 g/mol. The maximum Gasteiger partial charge on any atom is 0.0387 e. The SMILES string of the molecule is C/C=C\C(=C/C)Nc1ccc2c(c1)C(C)(C)c1ccccc1-2. The molecule has 0 bridgehead atoms. The summed E-state index contributed by atoms with van der Waals surface area (Å²) in [7, 11) is 0. The molecule has 0 heterocycles. The van der Waals surface area contributed by atoms with Crippen LogP contribution in [-0.2, 0) is 5.41 Å². The summed E-state index contributed by atoms with van der Waals surface area (Å²) >= 11 is 0. The lowest BCUT2D eigenvalue weighted by Gasteiger charge is -2.22. The van der Waals surface area contributed by atoms with Gasteiger partial charge in [0.2, 0.25) is 0 Å². The fraction of sp³-hybridized carbons (Fsp3) is 0.238. The molecule has 1 heteroatoms. The van der Waals surface area contributed by atoms with Gasteiger partial charge in [-0.3, -0.25) is 0 Å². The Hall–Kier alpha value is -2.28. The summed E-state index contributed by atoms with van der Waals surface area (Å²) < 4.78 is 0. The second kappa shape index (κ2) is 5.49. The van der Waals surface area contributed by atoms with Crippen LogP contribution in [0, 0.1) is 0 Å². The quantitative estimate of drug-likeness (QED) is 0.695. The summed E-state index contributed by atoms with van der Waals surface area (Å²) in [6.45, 7) is 8.71. The molecule has 1 N–H and O–H groups in total. The van der Waals surface area contributed by atoms with E-state index < -0.39 is 0 Å². The van der Waals surface area contributed by atoms with E-state index in [4.69, 9.17) is 0 Å². The molecule has 3 rings (SSSR count). The van der Waals surface area contributed by atoms with E-state index in [1.54, 1.807) is 0 Å². The van der Waals surface area contributed by atoms with Crippen LogP contribution in [0.3, 0.4) is 0 Å². The van der Waals surface area contributed by atoms with Gasteiger partial charge in [-0.05, 0) is 54.3 Å². The smallest absolute Gasteiger partial charge is 0.0387 e. The van der Waals surface area contributed by atoms with Gasteiger partial charge in [-0.25, -0.2) is 0 Å². The Morgan fingerprint density at radius 1 is 0.955 bits per heavy atom. The lowest BCUT2D eigenvalue weighted by atomic mass is 9.82. The van der Waals surface area contributed by atoms with Crippen LogP contribution in [0.15, 0.2) is 66.4 Å². The molecule has 0 amide bonds. The summed E-state index contributed by atoms with van der Waals surface area (Å²) in [5.74, 6) is 0. The Balaban J connectivity index is 2.05. The summed E-state index contributed by atoms with van der Waals surface area (Å²) in [4.78, 5) is 0. The van der Waals surface area contributed by atoms with Crippen molar-refractivity contribution in [1.82, 2.24) is 0 Å². The first-order valence-corrected chi connectivity index (χ1v) is 7.88. The van der Waals surface area contributed by atoms with Crippen LogP contribution in [-0.4, -0.2) is 0 Å². The van der Waals surface area contributed by atoms with Crippen LogP contribution in [0.1, 0.15) is 38.8 Å². The number of hydrogen-bond donors (Lipinski definition) is 1. The number of nitrogens with one attached hydrogen (secondary N) is 1. The molecule has 0 fully saturated rings. The van der Waals surface area contributed by atoms with E-state index in [1.165, 1.54) is 22.3 Å². The van der Waals surface area contributed by atoms with Crippen molar-refractivity contribution in [3.63, 3.8) is 0 Å². The van der Waals surface area contributed by atoms with Crippen molar-refractivity contribution in [2.24, 2.45) is 0 Å². The minimum Gasteiger partial charge on any atom is -0.356 e. The first kappa shape index (κ1) is 14.6. The molecule has 0 atom stereocenters. The molecular formula is C21H23N. The lowest BCUT2D eigenvalue weighted by Crippen LogP contribution is -2.15. The van der Waals surface area contributed by atoms with Crippen molar-refractivity contribution in [3.05, 3.63) is 77.5 Å². The molecule has 0 aromatic heterocycles. The Labute approximate surface area is 133 Å². The van der Waals surface area contributed by atoms with Gasteiger partial charge in [0.25, 0.3) is 0 Å². The van der Waals surface area contributed by atoms with Crippen LogP contribution in [0.2, 0.25) is 0 Å². The van der Waals surface area contributed by atoms with Crippen LogP contribution in [0.25, 0.3) is 11.1 Å². The lowest BCUT2D eigenvalue weighted by molar-refractivity contribution is 0.660. The molecule has 112 valence electrons. The van der Waals surface area contributed by atoms with Crippen molar-refractivity contribution in [1.29, 1.82) is 0 Å². The second-order valence-electron chi connectivity index (χ2n) is 6.30. The number of allylic oxidation sites excluding steroid dienone is 3. The first-order valence-electron chi connectivity index (χ1n) is 7.88. The molecule has 0 spiro atoms. The van der Waals surface area contributed by atoms with Gasteiger partial charge in [-0.15, -0.1) is 0 Å². The third-order valence-corrected chi connectivity index (χ3v) is 4.53. The molecule has 0 saturated heterocycles. The minimum absolute atomic E-state index is 0.0559. The zero-order chi connectivity index (χ0) is 15.7. The van der Waals surface area contributed by atoms with Gasteiger partial charge in [0.05, 0.1) is 0 Å². The Bertz CT molecular complexity index is 763. The van der Waals surface area contributed by atoms with E-state index in [0.717, 1.165) is 11.4 Å². The number of anilines is 1. The van der Waals surface area contributed by atoms with Gasteiger partial charge >= 0.3 is 0 Å². The Morgan fingerprint density at radius 3 is 2.41 bits per heavy atom. The second-order valence-corrected chi connectivity index (χ2v) is 6.30. The van der Waals surface area contributed by atoms with E-state index in [2.05, 4.69) is 86.8 Å². The van der Waals surface area contributed by atoms with Crippen LogP contribution >= 0.6 is 0 Å². The van der Waals surface area contributed by atoms with Gasteiger partial charge in [0, 0.05) is 16.8 Å². The van der Waals surface area contributed by atoms with Crippen LogP contribution in [0.5, 0.6) is 0 Å². The maximum absolute atomic E-state index is 3.50. The number of hydrogen-bond acceptors (Lipinski definition) is 1. The number of rotatable bonds is 3. The Morgan fingerprint density at radius 2 is 1.68 bits per heavy atom. The zero-order valence-corrected chi connectivity index (χ0v) is 13.8. The minimum atomic E-state index is 0.0559. The largest absolute Gasteiger partial charge is 0.356 e. The highest BCUT2D eigenvalue weighted by molar-refractivity contribution is 5.82. The molecule has 0 aliphatic heterocycles. The number of fused-ring (bicyclic) bond motifs is 3. The fourth-order valence-corrected chi connectivity index (χ4v) is 3.34. The Kier molecular flexibility index (Phi) is 3.66. The normalized spacial score (nSPS) is 15.7. The topological polar surface area (TPSA) is 12.0 Å². The molecule has 2 aromatic carbocycles. The van der Waals surface area contributed by atoms with Crippen molar-refractivity contribution < 1.29 is 0 Å². The molecule has 0 unspecified atom stereocenters. The van der Waals surface area contributed by atoms with Crippen LogP contribution < -0.4 is 5.32 Å². The zero-order valence-electron chi connectivity index (χ0n) is 13.8. The van der Waals surface area contributed by atoms with E-state index in [0.29, 0.717) is 0 Å². The van der Waals surface area contributed by atoms with Gasteiger partial charge in [0.1, 0.15) is 0 Å². The summed E-state index contributed by atoms with van der Waals surface area (Å²) in [5, 5.41) is 3.50. The highest BCUT2D eigenvalue weighted by atomic mass is 14.9. The third-order valence-electron chi connectivity index (χ3n) is 4.53. The maximum atomic E-state index is 3.50. The summed E-state index contributed by atoms with van der Waals surface area (Å²) in [5.41, 5.74) is 7.87. The summed E-state index contributed by atoms with van der Waals surface area (Å²) in [6.07, 6.45) is 6.23. The highest BCUT2D eigenvalue weighted by Crippen LogP contribution is 2.49. The number of benzene rings is 2. The standard InChI is InChI=1S/C21H23N/c1-5-9-15(6-2)22-16-12-13-18-17-10-7-8-11-19(17)21(3,4)20(18)14-16/h5-14,22H,1-4H3/b9-5-,15-6+.